The highest BCUT2D eigenvalue weighted by molar-refractivity contribution is 5.20. The van der Waals surface area contributed by atoms with Crippen LogP contribution in [-0.2, 0) is 4.74 Å². The van der Waals surface area contributed by atoms with Gasteiger partial charge in [0.1, 0.15) is 0 Å². The molecule has 2 heteroatoms. The quantitative estimate of drug-likeness (QED) is 0.584. The third-order valence-electron chi connectivity index (χ3n) is 5.99. The summed E-state index contributed by atoms with van der Waals surface area (Å²) in [7, 11) is 0. The van der Waals surface area contributed by atoms with Crippen LogP contribution in [0.2, 0.25) is 0 Å². The molecular formula is C18H32O2. The van der Waals surface area contributed by atoms with Crippen molar-refractivity contribution in [2.75, 3.05) is 13.2 Å². The predicted molar refractivity (Wildman–Crippen MR) is 83.6 cm³/mol. The Hall–Kier alpha value is -0.340. The van der Waals surface area contributed by atoms with Gasteiger partial charge in [0.05, 0.1) is 19.3 Å². The van der Waals surface area contributed by atoms with Crippen molar-refractivity contribution in [3.63, 3.8) is 0 Å². The summed E-state index contributed by atoms with van der Waals surface area (Å²) in [6.07, 6.45) is 9.15. The molecule has 0 saturated carbocycles. The van der Waals surface area contributed by atoms with E-state index in [1.165, 1.54) is 37.7 Å². The van der Waals surface area contributed by atoms with Crippen LogP contribution in [0.25, 0.3) is 0 Å². The topological polar surface area (TPSA) is 29.5 Å². The fourth-order valence-electron chi connectivity index (χ4n) is 4.45. The number of hydrogen-bond acceptors (Lipinski definition) is 2. The van der Waals surface area contributed by atoms with Gasteiger partial charge in [-0.3, -0.25) is 0 Å². The molecule has 0 aromatic rings. The van der Waals surface area contributed by atoms with E-state index < -0.39 is 0 Å². The van der Waals surface area contributed by atoms with E-state index in [9.17, 15) is 5.11 Å². The third-order valence-corrected chi connectivity index (χ3v) is 5.99. The minimum Gasteiger partial charge on any atom is -0.396 e. The van der Waals surface area contributed by atoms with E-state index in [-0.39, 0.29) is 12.0 Å². The molecule has 2 nitrogen and oxygen atoms in total. The van der Waals surface area contributed by atoms with Crippen molar-refractivity contribution in [3.8, 4) is 0 Å². The highest BCUT2D eigenvalue weighted by Gasteiger charge is 2.52. The molecule has 0 spiro atoms. The maximum absolute atomic E-state index is 9.94. The second-order valence-electron chi connectivity index (χ2n) is 7.10. The van der Waals surface area contributed by atoms with Gasteiger partial charge in [0.15, 0.2) is 0 Å². The molecule has 0 unspecified atom stereocenters. The summed E-state index contributed by atoms with van der Waals surface area (Å²) in [6.45, 7) is 10.0. The van der Waals surface area contributed by atoms with Crippen LogP contribution in [0.5, 0.6) is 0 Å². The monoisotopic (exact) mass is 280 g/mol. The van der Waals surface area contributed by atoms with Crippen molar-refractivity contribution >= 4 is 0 Å². The first-order chi connectivity index (χ1) is 9.56. The molecule has 1 heterocycles. The van der Waals surface area contributed by atoms with Gasteiger partial charge < -0.3 is 9.84 Å². The minimum atomic E-state index is -0.0515. The molecule has 116 valence electrons. The Kier molecular flexibility index (Phi) is 5.30. The first kappa shape index (κ1) is 16.0. The third kappa shape index (κ3) is 2.69. The Morgan fingerprint density at radius 3 is 2.70 bits per heavy atom. The number of aliphatic hydroxyl groups excluding tert-OH is 1. The molecule has 2 rings (SSSR count). The van der Waals surface area contributed by atoms with E-state index in [0.29, 0.717) is 23.9 Å². The van der Waals surface area contributed by atoms with Crippen molar-refractivity contribution in [1.82, 2.24) is 0 Å². The van der Waals surface area contributed by atoms with Gasteiger partial charge in [-0.05, 0) is 25.2 Å². The van der Waals surface area contributed by atoms with Gasteiger partial charge in [-0.1, -0.05) is 58.1 Å². The lowest BCUT2D eigenvalue weighted by Crippen LogP contribution is -2.56. The standard InChI is InChI=1S/C18H32O2/c1-5-6-7-8-9-16-17-13(2)10-14(3)18(11-19,12-20-16)15(17)4/h10,14-17,19H,5-9,11-12H2,1-4H3/t14-,15-,16+,17+,18+/m0/s1. The number of fused-ring (bicyclic) bond motifs is 2. The zero-order valence-corrected chi connectivity index (χ0v) is 13.7. The van der Waals surface area contributed by atoms with Gasteiger partial charge >= 0.3 is 0 Å². The number of ether oxygens (including phenoxy) is 1. The second-order valence-corrected chi connectivity index (χ2v) is 7.10. The fraction of sp³-hybridized carbons (Fsp3) is 0.889. The Labute approximate surface area is 124 Å². The molecule has 1 fully saturated rings. The summed E-state index contributed by atoms with van der Waals surface area (Å²) in [5.74, 6) is 1.45. The van der Waals surface area contributed by atoms with Crippen molar-refractivity contribution in [1.29, 1.82) is 0 Å². The normalized spacial score (nSPS) is 40.5. The number of allylic oxidation sites excluding steroid dienone is 1. The van der Waals surface area contributed by atoms with Crippen LogP contribution >= 0.6 is 0 Å². The molecule has 0 aromatic heterocycles. The van der Waals surface area contributed by atoms with E-state index in [1.54, 1.807) is 0 Å². The molecular weight excluding hydrogens is 248 g/mol. The first-order valence-electron chi connectivity index (χ1n) is 8.47. The highest BCUT2D eigenvalue weighted by Crippen LogP contribution is 2.52. The van der Waals surface area contributed by atoms with Crippen molar-refractivity contribution in [2.45, 2.75) is 65.9 Å². The molecule has 2 bridgehead atoms. The Balaban J connectivity index is 2.08. The average Bonchev–Trinajstić information content (AvgIpc) is 2.42. The van der Waals surface area contributed by atoms with Crippen molar-refractivity contribution < 1.29 is 9.84 Å². The van der Waals surface area contributed by atoms with Crippen LogP contribution in [0.4, 0.5) is 0 Å². The van der Waals surface area contributed by atoms with E-state index in [2.05, 4.69) is 33.8 Å². The Morgan fingerprint density at radius 1 is 1.30 bits per heavy atom. The van der Waals surface area contributed by atoms with Crippen LogP contribution in [0.15, 0.2) is 11.6 Å². The van der Waals surface area contributed by atoms with E-state index in [4.69, 9.17) is 4.74 Å². The lowest BCUT2D eigenvalue weighted by Gasteiger charge is -2.55. The summed E-state index contributed by atoms with van der Waals surface area (Å²) < 4.78 is 6.23. The first-order valence-corrected chi connectivity index (χ1v) is 8.47. The van der Waals surface area contributed by atoms with Crippen molar-refractivity contribution in [3.05, 3.63) is 11.6 Å². The summed E-state index contributed by atoms with van der Waals surface area (Å²) in [6, 6.07) is 0. The zero-order valence-electron chi connectivity index (χ0n) is 13.7. The SMILES string of the molecule is CCCCCC[C@H]1OC[C@]2(CO)[C@@H](C)C=C(C)[C@@H]1[C@@H]2C. The largest absolute Gasteiger partial charge is 0.396 e. The molecule has 0 aromatic carbocycles. The highest BCUT2D eigenvalue weighted by atomic mass is 16.5. The summed E-state index contributed by atoms with van der Waals surface area (Å²) >= 11 is 0. The lowest BCUT2D eigenvalue weighted by molar-refractivity contribution is -0.164. The maximum atomic E-state index is 9.94. The van der Waals surface area contributed by atoms with E-state index in [1.807, 2.05) is 0 Å². The molecule has 5 atom stereocenters. The number of hydrogen-bond donors (Lipinski definition) is 1. The van der Waals surface area contributed by atoms with Gasteiger partial charge in [-0.15, -0.1) is 0 Å². The predicted octanol–water partition coefficient (Wildman–Crippen LogP) is 4.18. The number of aliphatic hydroxyl groups is 1. The average molecular weight is 280 g/mol. The van der Waals surface area contributed by atoms with Gasteiger partial charge in [-0.2, -0.15) is 0 Å². The molecule has 2 aliphatic rings. The maximum Gasteiger partial charge on any atom is 0.0643 e. The summed E-state index contributed by atoms with van der Waals surface area (Å²) in [5.41, 5.74) is 1.43. The van der Waals surface area contributed by atoms with Crippen LogP contribution < -0.4 is 0 Å². The van der Waals surface area contributed by atoms with Crippen LogP contribution in [-0.4, -0.2) is 24.4 Å². The van der Waals surface area contributed by atoms with E-state index >= 15 is 0 Å². The Morgan fingerprint density at radius 2 is 2.05 bits per heavy atom. The smallest absolute Gasteiger partial charge is 0.0643 e. The van der Waals surface area contributed by atoms with Crippen LogP contribution in [0.1, 0.15) is 59.8 Å². The van der Waals surface area contributed by atoms with Gasteiger partial charge in [-0.25, -0.2) is 0 Å². The van der Waals surface area contributed by atoms with Crippen LogP contribution in [0, 0.1) is 23.2 Å². The van der Waals surface area contributed by atoms with E-state index in [0.717, 1.165) is 6.61 Å². The summed E-state index contributed by atoms with van der Waals surface area (Å²) in [4.78, 5) is 0. The minimum absolute atomic E-state index is 0.0515. The van der Waals surface area contributed by atoms with Crippen molar-refractivity contribution in [2.24, 2.45) is 23.2 Å². The lowest BCUT2D eigenvalue weighted by atomic mass is 9.56. The molecule has 1 N–H and O–H groups in total. The molecule has 0 radical (unpaired) electrons. The zero-order chi connectivity index (χ0) is 14.8. The Bertz CT molecular complexity index is 349. The van der Waals surface area contributed by atoms with Gasteiger partial charge in [0.25, 0.3) is 0 Å². The molecule has 1 saturated heterocycles. The molecule has 1 aliphatic carbocycles. The molecule has 1 aliphatic heterocycles. The van der Waals surface area contributed by atoms with Gasteiger partial charge in [0, 0.05) is 11.3 Å². The molecule has 20 heavy (non-hydrogen) atoms. The summed E-state index contributed by atoms with van der Waals surface area (Å²) in [5, 5.41) is 9.94. The molecule has 0 amide bonds. The van der Waals surface area contributed by atoms with Gasteiger partial charge in [0.2, 0.25) is 0 Å². The fourth-order valence-corrected chi connectivity index (χ4v) is 4.45. The van der Waals surface area contributed by atoms with Crippen LogP contribution in [0.3, 0.4) is 0 Å². The second kappa shape index (κ2) is 6.62. The number of rotatable bonds is 6. The number of unbranched alkanes of at least 4 members (excludes halogenated alkanes) is 3.